The zero-order valence-corrected chi connectivity index (χ0v) is 33.2. The summed E-state index contributed by atoms with van der Waals surface area (Å²) < 4.78 is 11.2. The van der Waals surface area contributed by atoms with E-state index in [0.29, 0.717) is 34.9 Å². The highest BCUT2D eigenvalue weighted by atomic mass is 16.5. The molecule has 0 radical (unpaired) electrons. The molecule has 0 aliphatic rings. The Balaban J connectivity index is 1.28. The first kappa shape index (κ1) is 36.2. The summed E-state index contributed by atoms with van der Waals surface area (Å²) in [6, 6.07) is 45.8. The monoisotopic (exact) mass is 749 g/mol. The molecule has 2 N–H and O–H groups in total. The summed E-state index contributed by atoms with van der Waals surface area (Å²) >= 11 is 0. The third-order valence-corrected chi connectivity index (χ3v) is 11.2. The molecule has 0 saturated heterocycles. The molecular weight excluding hydrogens is 703 g/mol. The van der Waals surface area contributed by atoms with Crippen LogP contribution in [-0.4, -0.2) is 51.5 Å². The van der Waals surface area contributed by atoms with Gasteiger partial charge < -0.3 is 29.0 Å². The second-order valence-corrected chi connectivity index (χ2v) is 15.6. The van der Waals surface area contributed by atoms with Gasteiger partial charge in [-0.15, -0.1) is 0 Å². The molecule has 0 atom stereocenters. The molecule has 6 heteroatoms. The fourth-order valence-corrected chi connectivity index (χ4v) is 8.67. The predicted molar refractivity (Wildman–Crippen MR) is 237 cm³/mol. The van der Waals surface area contributed by atoms with Gasteiger partial charge in [-0.2, -0.15) is 0 Å². The Kier molecular flexibility index (Phi) is 9.22. The van der Waals surface area contributed by atoms with Gasteiger partial charge in [0.1, 0.15) is 17.2 Å². The summed E-state index contributed by atoms with van der Waals surface area (Å²) in [4.78, 5) is 2.19. The summed E-state index contributed by atoms with van der Waals surface area (Å²) in [6.45, 7) is 7.65. The van der Waals surface area contributed by atoms with E-state index in [1.807, 2.05) is 36.4 Å². The van der Waals surface area contributed by atoms with E-state index in [-0.39, 0.29) is 11.5 Å². The zero-order valence-electron chi connectivity index (χ0n) is 33.2. The summed E-state index contributed by atoms with van der Waals surface area (Å²) in [5.41, 5.74) is 11.4. The topological polar surface area (TPSA) is 62.8 Å². The third kappa shape index (κ3) is 6.27. The van der Waals surface area contributed by atoms with E-state index in [1.54, 1.807) is 0 Å². The van der Waals surface area contributed by atoms with Crippen LogP contribution in [0.25, 0.3) is 77.2 Å². The number of fused-ring (bicyclic) bond motifs is 6. The molecule has 0 aliphatic carbocycles. The van der Waals surface area contributed by atoms with Crippen LogP contribution >= 0.6 is 0 Å². The number of phenolic OH excluding ortho intramolecular Hbond substituents is 2. The van der Waals surface area contributed by atoms with Gasteiger partial charge in [0.2, 0.25) is 0 Å². The van der Waals surface area contributed by atoms with Crippen LogP contribution in [0.4, 0.5) is 0 Å². The lowest BCUT2D eigenvalue weighted by Gasteiger charge is -2.22. The fourth-order valence-electron chi connectivity index (χ4n) is 8.67. The molecule has 0 unspecified atom stereocenters. The molecule has 6 nitrogen and oxygen atoms in total. The van der Waals surface area contributed by atoms with Crippen molar-refractivity contribution in [2.45, 2.75) is 33.6 Å². The number of unbranched alkanes of at least 4 members (excludes halogenated alkanes) is 1. The smallest absolute Gasteiger partial charge is 0.147 e. The van der Waals surface area contributed by atoms with Crippen LogP contribution in [0.3, 0.4) is 0 Å². The lowest BCUT2D eigenvalue weighted by atomic mass is 9.91. The minimum Gasteiger partial charge on any atom is -0.505 e. The van der Waals surface area contributed by atoms with Crippen molar-refractivity contribution >= 4 is 43.6 Å². The van der Waals surface area contributed by atoms with Crippen molar-refractivity contribution in [3.8, 4) is 50.9 Å². The van der Waals surface area contributed by atoms with Crippen molar-refractivity contribution in [2.75, 3.05) is 27.2 Å². The van der Waals surface area contributed by atoms with Crippen LogP contribution < -0.4 is 4.74 Å². The van der Waals surface area contributed by atoms with Gasteiger partial charge in [-0.25, -0.2) is 0 Å². The van der Waals surface area contributed by atoms with Crippen LogP contribution in [0.15, 0.2) is 133 Å². The number of rotatable bonds is 10. The summed E-state index contributed by atoms with van der Waals surface area (Å²) in [6.07, 6.45) is 1.83. The number of ether oxygens (including phenoxy) is 1. The number of benzene rings is 7. The Morgan fingerprint density at radius 2 is 0.825 bits per heavy atom. The van der Waals surface area contributed by atoms with Crippen molar-refractivity contribution in [3.63, 3.8) is 0 Å². The maximum Gasteiger partial charge on any atom is 0.147 e. The van der Waals surface area contributed by atoms with Crippen LogP contribution in [0.5, 0.6) is 17.2 Å². The van der Waals surface area contributed by atoms with E-state index in [1.165, 1.54) is 0 Å². The number of para-hydroxylation sites is 4. The summed E-state index contributed by atoms with van der Waals surface area (Å²) in [5.74, 6) is 0.967. The van der Waals surface area contributed by atoms with Gasteiger partial charge in [0.25, 0.3) is 0 Å². The van der Waals surface area contributed by atoms with Gasteiger partial charge in [0, 0.05) is 43.8 Å². The molecule has 9 rings (SSSR count). The van der Waals surface area contributed by atoms with Crippen LogP contribution in [-0.2, 0) is 0 Å². The molecule has 0 amide bonds. The summed E-state index contributed by atoms with van der Waals surface area (Å²) in [5, 5.41) is 29.6. The maximum atomic E-state index is 12.5. The van der Waals surface area contributed by atoms with Gasteiger partial charge in [-0.1, -0.05) is 72.8 Å². The number of phenols is 2. The number of hydrogen-bond acceptors (Lipinski definition) is 4. The second kappa shape index (κ2) is 14.5. The Bertz CT molecular complexity index is 2690. The minimum atomic E-state index is 0.167. The standard InChI is InChI=1S/C51H47N3O3/c1-32-28-41(39-26-33(2)30-47(49(39)55)53-43-20-10-6-16-35(43)36-17-7-11-21-44(36)53)51(57-25-15-14-24-52(4)5)42(29-32)40-27-34(3)31-48(50(40)56)54-45-22-12-8-18-37(45)38-19-9-13-23-46(38)54/h6-13,16-23,26-31,55-56H,14-15,24-25H2,1-5H3. The SMILES string of the molecule is Cc1cc(-c2cc(C)cc(-n3c4ccccc4c4ccccc43)c2O)c(OCCCCN(C)C)c(-c2cc(C)cc(-n3c4ccccc4c4ccccc43)c2O)c1. The van der Waals surface area contributed by atoms with E-state index in [2.05, 4.69) is 146 Å². The highest BCUT2D eigenvalue weighted by Gasteiger charge is 2.25. The molecule has 0 fully saturated rings. The predicted octanol–water partition coefficient (Wildman–Crippen LogP) is 12.3. The van der Waals surface area contributed by atoms with E-state index >= 15 is 0 Å². The van der Waals surface area contributed by atoms with E-state index in [4.69, 9.17) is 4.74 Å². The molecule has 0 bridgehead atoms. The Morgan fingerprint density at radius 3 is 1.21 bits per heavy atom. The molecule has 2 heterocycles. The average Bonchev–Trinajstić information content (AvgIpc) is 3.72. The van der Waals surface area contributed by atoms with Crippen molar-refractivity contribution in [2.24, 2.45) is 0 Å². The molecule has 284 valence electrons. The highest BCUT2D eigenvalue weighted by Crippen LogP contribution is 2.49. The van der Waals surface area contributed by atoms with Crippen molar-refractivity contribution in [3.05, 3.63) is 150 Å². The third-order valence-electron chi connectivity index (χ3n) is 11.2. The Morgan fingerprint density at radius 1 is 0.474 bits per heavy atom. The lowest BCUT2D eigenvalue weighted by molar-refractivity contribution is 0.295. The Hall–Kier alpha value is -6.50. The molecular formula is C51H47N3O3. The normalized spacial score (nSPS) is 11.8. The largest absolute Gasteiger partial charge is 0.505 e. The summed E-state index contributed by atoms with van der Waals surface area (Å²) in [7, 11) is 4.17. The molecule has 2 aromatic heterocycles. The minimum absolute atomic E-state index is 0.167. The van der Waals surface area contributed by atoms with E-state index in [0.717, 1.165) is 90.8 Å². The highest BCUT2D eigenvalue weighted by molar-refractivity contribution is 6.11. The number of nitrogens with zero attached hydrogens (tertiary/aromatic N) is 3. The first-order valence-electron chi connectivity index (χ1n) is 19.8. The molecule has 0 saturated carbocycles. The molecule has 7 aromatic carbocycles. The fraction of sp³-hybridized carbons (Fsp3) is 0.176. The Labute approximate surface area is 333 Å². The first-order valence-corrected chi connectivity index (χ1v) is 19.8. The number of aryl methyl sites for hydroxylation is 3. The number of aromatic nitrogens is 2. The van der Waals surface area contributed by atoms with Gasteiger partial charge in [-0.05, 0) is 132 Å². The molecule has 57 heavy (non-hydrogen) atoms. The zero-order chi connectivity index (χ0) is 39.4. The average molecular weight is 750 g/mol. The van der Waals surface area contributed by atoms with Crippen LogP contribution in [0, 0.1) is 20.8 Å². The number of hydrogen-bond donors (Lipinski definition) is 2. The van der Waals surface area contributed by atoms with E-state index in [9.17, 15) is 10.2 Å². The van der Waals surface area contributed by atoms with Crippen molar-refractivity contribution < 1.29 is 14.9 Å². The van der Waals surface area contributed by atoms with Crippen LogP contribution in [0.2, 0.25) is 0 Å². The molecule has 0 spiro atoms. The lowest BCUT2D eigenvalue weighted by Crippen LogP contribution is -2.14. The second-order valence-electron chi connectivity index (χ2n) is 15.6. The molecule has 9 aromatic rings. The quantitative estimate of drug-likeness (QED) is 0.137. The van der Waals surface area contributed by atoms with Gasteiger partial charge in [0.05, 0.1) is 40.0 Å². The van der Waals surface area contributed by atoms with Crippen molar-refractivity contribution in [1.29, 1.82) is 0 Å². The van der Waals surface area contributed by atoms with Crippen molar-refractivity contribution in [1.82, 2.24) is 14.0 Å². The van der Waals surface area contributed by atoms with Gasteiger partial charge in [0.15, 0.2) is 0 Å². The first-order chi connectivity index (χ1) is 27.7. The van der Waals surface area contributed by atoms with Crippen LogP contribution in [0.1, 0.15) is 29.5 Å². The molecule has 0 aliphatic heterocycles. The maximum absolute atomic E-state index is 12.5. The van der Waals surface area contributed by atoms with E-state index < -0.39 is 0 Å². The number of aromatic hydroxyl groups is 2. The van der Waals surface area contributed by atoms with Gasteiger partial charge in [-0.3, -0.25) is 0 Å². The van der Waals surface area contributed by atoms with Gasteiger partial charge >= 0.3 is 0 Å².